The van der Waals surface area contributed by atoms with Crippen LogP contribution in [0.4, 0.5) is 0 Å². The predicted molar refractivity (Wildman–Crippen MR) is 67.0 cm³/mol. The molecule has 1 saturated carbocycles. The van der Waals surface area contributed by atoms with Crippen LogP contribution in [0.2, 0.25) is 5.02 Å². The predicted octanol–water partition coefficient (Wildman–Crippen LogP) is 1.12. The van der Waals surface area contributed by atoms with Gasteiger partial charge in [0.05, 0.1) is 10.9 Å². The Hall–Kier alpha value is -1.62. The molecular weight excluding hydrogens is 254 g/mol. The second kappa shape index (κ2) is 5.35. The number of nitrogens with zero attached hydrogens (tertiary/aromatic N) is 1. The quantitative estimate of drug-likeness (QED) is 0.861. The van der Waals surface area contributed by atoms with Gasteiger partial charge in [0.1, 0.15) is 5.69 Å². The fraction of sp³-hybridized carbons (Fsp3) is 0.417. The lowest BCUT2D eigenvalue weighted by molar-refractivity contribution is -0.122. The maximum atomic E-state index is 11.9. The number of pyridine rings is 1. The second-order valence-electron chi connectivity index (χ2n) is 4.38. The smallest absolute Gasteiger partial charge is 0.270 e. The highest BCUT2D eigenvalue weighted by atomic mass is 35.5. The van der Waals surface area contributed by atoms with Gasteiger partial charge in [0.15, 0.2) is 0 Å². The Morgan fingerprint density at radius 3 is 2.78 bits per heavy atom. The molecule has 2 amide bonds. The van der Waals surface area contributed by atoms with Crippen LogP contribution in [0, 0.1) is 5.92 Å². The lowest BCUT2D eigenvalue weighted by Gasteiger charge is -2.17. The summed E-state index contributed by atoms with van der Waals surface area (Å²) in [5, 5.41) is 3.28. The number of hydrogen-bond donors (Lipinski definition) is 2. The Bertz CT molecular complexity index is 461. The van der Waals surface area contributed by atoms with Crippen molar-refractivity contribution in [1.29, 1.82) is 0 Å². The monoisotopic (exact) mass is 267 g/mol. The SMILES string of the molecule is NC(=O)[C@H]1CCC[C@H]1NC(=O)c1ccc(Cl)cn1. The summed E-state index contributed by atoms with van der Waals surface area (Å²) in [6.45, 7) is 0. The van der Waals surface area contributed by atoms with Gasteiger partial charge >= 0.3 is 0 Å². The number of aromatic nitrogens is 1. The third kappa shape index (κ3) is 2.79. The van der Waals surface area contributed by atoms with Crippen LogP contribution >= 0.6 is 11.6 Å². The molecule has 1 fully saturated rings. The Kier molecular flexibility index (Phi) is 3.81. The minimum Gasteiger partial charge on any atom is -0.369 e. The van der Waals surface area contributed by atoms with Crippen LogP contribution in [0.5, 0.6) is 0 Å². The molecule has 0 bridgehead atoms. The van der Waals surface area contributed by atoms with Gasteiger partial charge in [-0.2, -0.15) is 0 Å². The van der Waals surface area contributed by atoms with E-state index in [0.717, 1.165) is 19.3 Å². The number of amides is 2. The van der Waals surface area contributed by atoms with Crippen LogP contribution in [0.25, 0.3) is 0 Å². The number of primary amides is 1. The molecular formula is C12H14ClN3O2. The maximum Gasteiger partial charge on any atom is 0.270 e. The zero-order chi connectivity index (χ0) is 13.1. The van der Waals surface area contributed by atoms with Crippen molar-refractivity contribution in [2.24, 2.45) is 11.7 Å². The van der Waals surface area contributed by atoms with Crippen LogP contribution in [-0.4, -0.2) is 22.8 Å². The first-order valence-corrected chi connectivity index (χ1v) is 6.17. The second-order valence-corrected chi connectivity index (χ2v) is 4.82. The highest BCUT2D eigenvalue weighted by molar-refractivity contribution is 6.30. The standard InChI is InChI=1S/C12H14ClN3O2/c13-7-4-5-10(15-6-7)12(18)16-9-3-1-2-8(9)11(14)17/h4-6,8-9H,1-3H2,(H2,14,17)(H,16,18)/t8-,9+/m0/s1. The van der Waals surface area contributed by atoms with E-state index >= 15 is 0 Å². The first-order chi connectivity index (χ1) is 8.58. The average molecular weight is 268 g/mol. The zero-order valence-electron chi connectivity index (χ0n) is 9.73. The van der Waals surface area contributed by atoms with Crippen molar-refractivity contribution in [3.05, 3.63) is 29.0 Å². The third-order valence-electron chi connectivity index (χ3n) is 3.16. The lowest BCUT2D eigenvalue weighted by atomic mass is 10.0. The molecule has 18 heavy (non-hydrogen) atoms. The molecule has 0 aliphatic heterocycles. The number of nitrogens with two attached hydrogens (primary N) is 1. The molecule has 1 aromatic rings. The molecule has 5 nitrogen and oxygen atoms in total. The van der Waals surface area contributed by atoms with Gasteiger partial charge in [0, 0.05) is 12.2 Å². The largest absolute Gasteiger partial charge is 0.369 e. The highest BCUT2D eigenvalue weighted by Crippen LogP contribution is 2.25. The van der Waals surface area contributed by atoms with Crippen LogP contribution in [-0.2, 0) is 4.79 Å². The fourth-order valence-corrected chi connectivity index (χ4v) is 2.34. The molecule has 2 rings (SSSR count). The Morgan fingerprint density at radius 1 is 1.39 bits per heavy atom. The van der Waals surface area contributed by atoms with Gasteiger partial charge < -0.3 is 11.1 Å². The van der Waals surface area contributed by atoms with E-state index < -0.39 is 0 Å². The molecule has 0 aromatic carbocycles. The Balaban J connectivity index is 2.03. The van der Waals surface area contributed by atoms with Crippen molar-refractivity contribution in [1.82, 2.24) is 10.3 Å². The molecule has 6 heteroatoms. The summed E-state index contributed by atoms with van der Waals surface area (Å²) in [7, 11) is 0. The van der Waals surface area contributed by atoms with Crippen molar-refractivity contribution in [2.75, 3.05) is 0 Å². The summed E-state index contributed by atoms with van der Waals surface area (Å²) in [4.78, 5) is 27.1. The number of carbonyl (C=O) groups is 2. The van der Waals surface area contributed by atoms with Crippen molar-refractivity contribution < 1.29 is 9.59 Å². The Labute approximate surface area is 110 Å². The molecule has 0 radical (unpaired) electrons. The normalized spacial score (nSPS) is 22.7. The third-order valence-corrected chi connectivity index (χ3v) is 3.38. The minimum absolute atomic E-state index is 0.188. The molecule has 0 saturated heterocycles. The van der Waals surface area contributed by atoms with E-state index in [2.05, 4.69) is 10.3 Å². The molecule has 2 atom stereocenters. The van der Waals surface area contributed by atoms with Crippen molar-refractivity contribution in [3.63, 3.8) is 0 Å². The number of nitrogens with one attached hydrogen (secondary N) is 1. The summed E-state index contributed by atoms with van der Waals surface area (Å²) in [5.41, 5.74) is 5.59. The molecule has 1 aromatic heterocycles. The first-order valence-electron chi connectivity index (χ1n) is 5.79. The lowest BCUT2D eigenvalue weighted by Crippen LogP contribution is -2.42. The van der Waals surface area contributed by atoms with Crippen molar-refractivity contribution in [2.45, 2.75) is 25.3 Å². The van der Waals surface area contributed by atoms with E-state index in [9.17, 15) is 9.59 Å². The van der Waals surface area contributed by atoms with E-state index in [1.165, 1.54) is 6.20 Å². The van der Waals surface area contributed by atoms with Gasteiger partial charge in [-0.05, 0) is 25.0 Å². The molecule has 1 heterocycles. The van der Waals surface area contributed by atoms with Crippen molar-refractivity contribution >= 4 is 23.4 Å². The van der Waals surface area contributed by atoms with Gasteiger partial charge in [0.25, 0.3) is 5.91 Å². The minimum atomic E-state index is -0.359. The van der Waals surface area contributed by atoms with E-state index in [4.69, 9.17) is 17.3 Å². The highest BCUT2D eigenvalue weighted by Gasteiger charge is 2.32. The fourth-order valence-electron chi connectivity index (χ4n) is 2.23. The average Bonchev–Trinajstić information content (AvgIpc) is 2.78. The topological polar surface area (TPSA) is 85.1 Å². The summed E-state index contributed by atoms with van der Waals surface area (Å²) in [5.74, 6) is -0.937. The van der Waals surface area contributed by atoms with E-state index in [-0.39, 0.29) is 29.5 Å². The van der Waals surface area contributed by atoms with Crippen molar-refractivity contribution in [3.8, 4) is 0 Å². The van der Waals surface area contributed by atoms with E-state index in [0.29, 0.717) is 5.02 Å². The summed E-state index contributed by atoms with van der Waals surface area (Å²) in [6.07, 6.45) is 3.81. The number of carbonyl (C=O) groups excluding carboxylic acids is 2. The summed E-state index contributed by atoms with van der Waals surface area (Å²) < 4.78 is 0. The number of rotatable bonds is 3. The molecule has 1 aliphatic carbocycles. The van der Waals surface area contributed by atoms with Crippen LogP contribution in [0.1, 0.15) is 29.8 Å². The molecule has 96 valence electrons. The van der Waals surface area contributed by atoms with E-state index in [1.54, 1.807) is 12.1 Å². The zero-order valence-corrected chi connectivity index (χ0v) is 10.5. The number of halogens is 1. The van der Waals surface area contributed by atoms with Crippen LogP contribution in [0.3, 0.4) is 0 Å². The van der Waals surface area contributed by atoms with E-state index in [1.807, 2.05) is 0 Å². The van der Waals surface area contributed by atoms with Crippen LogP contribution < -0.4 is 11.1 Å². The maximum absolute atomic E-state index is 11.9. The summed E-state index contributed by atoms with van der Waals surface area (Å²) in [6, 6.07) is 2.96. The molecule has 0 spiro atoms. The summed E-state index contributed by atoms with van der Waals surface area (Å²) >= 11 is 5.70. The first kappa shape index (κ1) is 12.8. The van der Waals surface area contributed by atoms with Gasteiger partial charge in [-0.3, -0.25) is 9.59 Å². The molecule has 0 unspecified atom stereocenters. The Morgan fingerprint density at radius 2 is 2.17 bits per heavy atom. The van der Waals surface area contributed by atoms with Gasteiger partial charge in [0.2, 0.25) is 5.91 Å². The van der Waals surface area contributed by atoms with Gasteiger partial charge in [-0.25, -0.2) is 4.98 Å². The van der Waals surface area contributed by atoms with Crippen LogP contribution in [0.15, 0.2) is 18.3 Å². The molecule has 1 aliphatic rings. The van der Waals surface area contributed by atoms with Gasteiger partial charge in [-0.1, -0.05) is 18.0 Å². The number of hydrogen-bond acceptors (Lipinski definition) is 3. The molecule has 3 N–H and O–H groups in total. The van der Waals surface area contributed by atoms with Gasteiger partial charge in [-0.15, -0.1) is 0 Å².